The van der Waals surface area contributed by atoms with Crippen molar-refractivity contribution in [2.24, 2.45) is 5.92 Å². The molecule has 0 aliphatic carbocycles. The minimum Gasteiger partial charge on any atom is -0.378 e. The predicted molar refractivity (Wildman–Crippen MR) is 79.7 cm³/mol. The highest BCUT2D eigenvalue weighted by Gasteiger charge is 2.42. The molecule has 0 amide bonds. The number of carbonyl (C=O) groups excluding carboxylic acids is 1. The Morgan fingerprint density at radius 1 is 1.40 bits per heavy atom. The van der Waals surface area contributed by atoms with Crippen molar-refractivity contribution in [1.29, 1.82) is 0 Å². The highest BCUT2D eigenvalue weighted by molar-refractivity contribution is 9.10. The maximum absolute atomic E-state index is 12.5. The van der Waals surface area contributed by atoms with Gasteiger partial charge in [0.05, 0.1) is 12.2 Å². The Morgan fingerprint density at radius 2 is 2.30 bits per heavy atom. The number of ketones is 1. The van der Waals surface area contributed by atoms with Gasteiger partial charge < -0.3 is 9.47 Å². The van der Waals surface area contributed by atoms with Gasteiger partial charge in [-0.3, -0.25) is 4.79 Å². The number of halogens is 1. The molecule has 1 aromatic carbocycles. The molecule has 2 fully saturated rings. The van der Waals surface area contributed by atoms with E-state index in [-0.39, 0.29) is 11.5 Å². The molecule has 0 aromatic heterocycles. The third-order valence-electron chi connectivity index (χ3n) is 4.28. The van der Waals surface area contributed by atoms with Crippen LogP contribution in [0.3, 0.4) is 0 Å². The number of benzene rings is 1. The van der Waals surface area contributed by atoms with Gasteiger partial charge in [-0.25, -0.2) is 0 Å². The van der Waals surface area contributed by atoms with Crippen LogP contribution in [0.25, 0.3) is 0 Å². The highest BCUT2D eigenvalue weighted by atomic mass is 79.9. The van der Waals surface area contributed by atoms with Gasteiger partial charge in [0.25, 0.3) is 0 Å². The lowest BCUT2D eigenvalue weighted by Gasteiger charge is -2.36. The molecule has 0 saturated carbocycles. The van der Waals surface area contributed by atoms with Crippen LogP contribution in [0.1, 0.15) is 24.8 Å². The van der Waals surface area contributed by atoms with E-state index in [0.29, 0.717) is 25.4 Å². The number of carbonyl (C=O) groups is 1. The van der Waals surface area contributed by atoms with E-state index in [2.05, 4.69) is 15.9 Å². The van der Waals surface area contributed by atoms with Crippen molar-refractivity contribution in [3.05, 3.63) is 34.3 Å². The van der Waals surface area contributed by atoms with Crippen molar-refractivity contribution in [1.82, 2.24) is 0 Å². The molecule has 2 atom stereocenters. The Kier molecular flexibility index (Phi) is 4.24. The van der Waals surface area contributed by atoms with Gasteiger partial charge in [0.2, 0.25) is 0 Å². The van der Waals surface area contributed by atoms with Crippen LogP contribution < -0.4 is 0 Å². The zero-order chi connectivity index (χ0) is 14.0. The van der Waals surface area contributed by atoms with Crippen LogP contribution in [0.15, 0.2) is 28.7 Å². The van der Waals surface area contributed by atoms with Gasteiger partial charge >= 0.3 is 0 Å². The molecular formula is C16H19BrO3. The maximum atomic E-state index is 12.5. The second-order valence-corrected chi connectivity index (χ2v) is 6.71. The number of Topliss-reactive ketones (excluding diaryl/α,β-unsaturated/α-hetero) is 1. The van der Waals surface area contributed by atoms with E-state index in [0.717, 1.165) is 35.9 Å². The summed E-state index contributed by atoms with van der Waals surface area (Å²) in [6, 6.07) is 7.98. The van der Waals surface area contributed by atoms with Gasteiger partial charge in [-0.15, -0.1) is 0 Å². The summed E-state index contributed by atoms with van der Waals surface area (Å²) in [6.45, 7) is 2.08. The highest BCUT2D eigenvalue weighted by Crippen LogP contribution is 2.36. The summed E-state index contributed by atoms with van der Waals surface area (Å²) < 4.78 is 12.4. The summed E-state index contributed by atoms with van der Waals surface area (Å²) in [4.78, 5) is 12.5. The lowest BCUT2D eigenvalue weighted by Crippen LogP contribution is -2.42. The Bertz CT molecular complexity index is 494. The van der Waals surface area contributed by atoms with Crippen molar-refractivity contribution in [2.75, 3.05) is 19.8 Å². The summed E-state index contributed by atoms with van der Waals surface area (Å²) in [6.07, 6.45) is 3.10. The quantitative estimate of drug-likeness (QED) is 0.849. The molecular weight excluding hydrogens is 320 g/mol. The van der Waals surface area contributed by atoms with E-state index in [1.807, 2.05) is 24.3 Å². The summed E-state index contributed by atoms with van der Waals surface area (Å²) >= 11 is 3.45. The topological polar surface area (TPSA) is 35.5 Å². The van der Waals surface area contributed by atoms with E-state index in [1.165, 1.54) is 0 Å². The fraction of sp³-hybridized carbons (Fsp3) is 0.562. The lowest BCUT2D eigenvalue weighted by atomic mass is 9.81. The van der Waals surface area contributed by atoms with Crippen LogP contribution in [0, 0.1) is 5.92 Å². The zero-order valence-electron chi connectivity index (χ0n) is 11.4. The van der Waals surface area contributed by atoms with Crippen LogP contribution in [-0.2, 0) is 20.7 Å². The van der Waals surface area contributed by atoms with Crippen molar-refractivity contribution in [2.45, 2.75) is 31.3 Å². The monoisotopic (exact) mass is 338 g/mol. The van der Waals surface area contributed by atoms with E-state index >= 15 is 0 Å². The Morgan fingerprint density at radius 3 is 3.05 bits per heavy atom. The van der Waals surface area contributed by atoms with E-state index in [4.69, 9.17) is 9.47 Å². The summed E-state index contributed by atoms with van der Waals surface area (Å²) in [5.74, 6) is 0.446. The average Bonchev–Trinajstić information content (AvgIpc) is 2.87. The van der Waals surface area contributed by atoms with Crippen molar-refractivity contribution in [3.63, 3.8) is 0 Å². The fourth-order valence-corrected chi connectivity index (χ4v) is 3.60. The first-order valence-electron chi connectivity index (χ1n) is 7.16. The molecule has 1 spiro atoms. The van der Waals surface area contributed by atoms with E-state index in [9.17, 15) is 4.79 Å². The molecule has 2 heterocycles. The van der Waals surface area contributed by atoms with E-state index in [1.54, 1.807) is 0 Å². The molecule has 3 nitrogen and oxygen atoms in total. The molecule has 0 bridgehead atoms. The number of hydrogen-bond donors (Lipinski definition) is 0. The fourth-order valence-electron chi connectivity index (χ4n) is 3.16. The summed E-state index contributed by atoms with van der Waals surface area (Å²) in [5.41, 5.74) is 0.892. The van der Waals surface area contributed by atoms with Crippen LogP contribution >= 0.6 is 15.9 Å². The average molecular weight is 339 g/mol. The zero-order valence-corrected chi connectivity index (χ0v) is 13.0. The van der Waals surface area contributed by atoms with Crippen LogP contribution in [0.2, 0.25) is 0 Å². The standard InChI is InChI=1S/C16H19BrO3/c17-14-3-1-2-12(8-14)9-15(18)13-4-6-20-16(10-13)5-7-19-11-16/h1-3,8,13H,4-7,9-11H2. The molecule has 4 heteroatoms. The maximum Gasteiger partial charge on any atom is 0.140 e. The van der Waals surface area contributed by atoms with Gasteiger partial charge in [0.15, 0.2) is 0 Å². The summed E-state index contributed by atoms with van der Waals surface area (Å²) in [7, 11) is 0. The Hall–Kier alpha value is -0.710. The lowest BCUT2D eigenvalue weighted by molar-refractivity contribution is -0.136. The van der Waals surface area contributed by atoms with Gasteiger partial charge in [0, 0.05) is 36.4 Å². The predicted octanol–water partition coefficient (Wildman–Crippen LogP) is 3.15. The Labute approximate surface area is 127 Å². The molecule has 0 N–H and O–H groups in total. The van der Waals surface area contributed by atoms with Crippen molar-refractivity contribution < 1.29 is 14.3 Å². The first kappa shape index (κ1) is 14.2. The molecule has 108 valence electrons. The number of hydrogen-bond acceptors (Lipinski definition) is 3. The molecule has 2 saturated heterocycles. The summed E-state index contributed by atoms with van der Waals surface area (Å²) in [5, 5.41) is 0. The van der Waals surface area contributed by atoms with Gasteiger partial charge in [-0.1, -0.05) is 28.1 Å². The van der Waals surface area contributed by atoms with Gasteiger partial charge in [-0.2, -0.15) is 0 Å². The van der Waals surface area contributed by atoms with Crippen molar-refractivity contribution >= 4 is 21.7 Å². The molecule has 0 radical (unpaired) electrons. The third kappa shape index (κ3) is 3.13. The third-order valence-corrected chi connectivity index (χ3v) is 4.78. The van der Waals surface area contributed by atoms with Crippen LogP contribution in [0.4, 0.5) is 0 Å². The van der Waals surface area contributed by atoms with Crippen LogP contribution in [-0.4, -0.2) is 31.2 Å². The molecule has 20 heavy (non-hydrogen) atoms. The first-order valence-corrected chi connectivity index (χ1v) is 7.95. The SMILES string of the molecule is O=C(Cc1cccc(Br)c1)C1CCOC2(CCOC2)C1. The van der Waals surface area contributed by atoms with Gasteiger partial charge in [-0.05, 0) is 30.5 Å². The second kappa shape index (κ2) is 5.96. The molecule has 2 unspecified atom stereocenters. The number of ether oxygens (including phenoxy) is 2. The molecule has 3 rings (SSSR count). The Balaban J connectivity index is 1.65. The molecule has 2 aliphatic heterocycles. The second-order valence-electron chi connectivity index (χ2n) is 5.80. The molecule has 2 aliphatic rings. The normalized spacial score (nSPS) is 29.8. The smallest absolute Gasteiger partial charge is 0.140 e. The largest absolute Gasteiger partial charge is 0.378 e. The van der Waals surface area contributed by atoms with Crippen molar-refractivity contribution in [3.8, 4) is 0 Å². The minimum atomic E-state index is -0.185. The van der Waals surface area contributed by atoms with Gasteiger partial charge in [0.1, 0.15) is 5.78 Å². The molecule has 1 aromatic rings. The van der Waals surface area contributed by atoms with E-state index < -0.39 is 0 Å². The first-order chi connectivity index (χ1) is 9.67. The minimum absolute atomic E-state index is 0.115. The van der Waals surface area contributed by atoms with Crippen LogP contribution in [0.5, 0.6) is 0 Å². The number of rotatable bonds is 3.